The van der Waals surface area contributed by atoms with Crippen LogP contribution in [0.4, 0.5) is 5.69 Å². The minimum Gasteiger partial charge on any atom is -0.496 e. The average Bonchev–Trinajstić information content (AvgIpc) is 2.48. The number of ether oxygens (including phenoxy) is 3. The zero-order chi connectivity index (χ0) is 14.7. The Morgan fingerprint density at radius 1 is 0.950 bits per heavy atom. The molecule has 2 aromatic rings. The lowest BCUT2D eigenvalue weighted by Gasteiger charge is -2.15. The van der Waals surface area contributed by atoms with Gasteiger partial charge in [0.15, 0.2) is 0 Å². The summed E-state index contributed by atoms with van der Waals surface area (Å²) in [4.78, 5) is 4.49. The molecule has 2 rings (SSSR count). The molecule has 0 aliphatic rings. The van der Waals surface area contributed by atoms with Gasteiger partial charge in [-0.2, -0.15) is 0 Å². The molecule has 2 N–H and O–H groups in total. The molecule has 0 saturated carbocycles. The predicted molar refractivity (Wildman–Crippen MR) is 78.5 cm³/mol. The van der Waals surface area contributed by atoms with E-state index in [2.05, 4.69) is 4.98 Å². The normalized spacial score (nSPS) is 10.2. The summed E-state index contributed by atoms with van der Waals surface area (Å²) in [5.74, 6) is 1.94. The number of aromatic nitrogens is 1. The van der Waals surface area contributed by atoms with E-state index in [9.17, 15) is 0 Å². The van der Waals surface area contributed by atoms with Crippen LogP contribution in [-0.2, 0) is 0 Å². The highest BCUT2D eigenvalue weighted by molar-refractivity contribution is 5.76. The topological polar surface area (TPSA) is 66.6 Å². The molecule has 0 atom stereocenters. The van der Waals surface area contributed by atoms with E-state index in [1.54, 1.807) is 33.5 Å². The first-order chi connectivity index (χ1) is 9.60. The summed E-state index contributed by atoms with van der Waals surface area (Å²) in [6.07, 6.45) is 0. The maximum Gasteiger partial charge on any atom is 0.135 e. The van der Waals surface area contributed by atoms with E-state index in [0.717, 1.165) is 17.0 Å². The lowest BCUT2D eigenvalue weighted by atomic mass is 10.1. The van der Waals surface area contributed by atoms with E-state index in [0.29, 0.717) is 22.9 Å². The first-order valence-corrected chi connectivity index (χ1v) is 6.14. The smallest absolute Gasteiger partial charge is 0.135 e. The number of benzene rings is 1. The minimum absolute atomic E-state index is 0.637. The first kappa shape index (κ1) is 14.0. The third-order valence-electron chi connectivity index (χ3n) is 3.10. The van der Waals surface area contributed by atoms with E-state index in [4.69, 9.17) is 19.9 Å². The molecule has 1 heterocycles. The van der Waals surface area contributed by atoms with E-state index in [1.165, 1.54) is 0 Å². The van der Waals surface area contributed by atoms with Crippen molar-refractivity contribution in [1.82, 2.24) is 4.98 Å². The maximum atomic E-state index is 5.81. The second-order valence-corrected chi connectivity index (χ2v) is 4.28. The predicted octanol–water partition coefficient (Wildman–Crippen LogP) is 2.67. The summed E-state index contributed by atoms with van der Waals surface area (Å²) in [5, 5.41) is 0. The third kappa shape index (κ3) is 2.47. The molecular weight excluding hydrogens is 256 g/mol. The van der Waals surface area contributed by atoms with Crippen molar-refractivity contribution in [2.75, 3.05) is 27.1 Å². The average molecular weight is 274 g/mol. The Morgan fingerprint density at radius 2 is 1.55 bits per heavy atom. The fourth-order valence-electron chi connectivity index (χ4n) is 1.97. The summed E-state index contributed by atoms with van der Waals surface area (Å²) in [6.45, 7) is 1.86. The molecule has 0 saturated heterocycles. The van der Waals surface area contributed by atoms with Gasteiger partial charge in [-0.1, -0.05) is 0 Å². The van der Waals surface area contributed by atoms with Crippen LogP contribution in [0.15, 0.2) is 24.3 Å². The number of nitrogen functional groups attached to an aromatic ring is 1. The Balaban J connectivity index is 2.67. The largest absolute Gasteiger partial charge is 0.496 e. The van der Waals surface area contributed by atoms with Gasteiger partial charge in [-0.15, -0.1) is 0 Å². The molecule has 0 bridgehead atoms. The van der Waals surface area contributed by atoms with Gasteiger partial charge in [-0.25, -0.2) is 0 Å². The van der Waals surface area contributed by atoms with Gasteiger partial charge in [0, 0.05) is 12.1 Å². The van der Waals surface area contributed by atoms with Crippen LogP contribution in [0, 0.1) is 6.92 Å². The fraction of sp³-hybridized carbons (Fsp3) is 0.267. The molecule has 5 nitrogen and oxygen atoms in total. The van der Waals surface area contributed by atoms with Gasteiger partial charge in [0.1, 0.15) is 17.2 Å². The van der Waals surface area contributed by atoms with E-state index in [-0.39, 0.29) is 0 Å². The van der Waals surface area contributed by atoms with Crippen LogP contribution in [0.2, 0.25) is 0 Å². The molecule has 1 aromatic carbocycles. The SMILES string of the molecule is COc1cc(OC)c(-c2ccc(N)c(C)n2)c(OC)c1. The molecule has 0 spiro atoms. The number of pyridine rings is 1. The van der Waals surface area contributed by atoms with Gasteiger partial charge >= 0.3 is 0 Å². The maximum absolute atomic E-state index is 5.81. The molecule has 0 unspecified atom stereocenters. The number of nitrogens with zero attached hydrogens (tertiary/aromatic N) is 1. The molecule has 0 radical (unpaired) electrons. The Kier molecular flexibility index (Phi) is 3.98. The molecule has 106 valence electrons. The highest BCUT2D eigenvalue weighted by Gasteiger charge is 2.16. The molecule has 5 heteroatoms. The van der Waals surface area contributed by atoms with Gasteiger partial charge in [-0.05, 0) is 19.1 Å². The van der Waals surface area contributed by atoms with Crippen LogP contribution in [0.5, 0.6) is 17.2 Å². The van der Waals surface area contributed by atoms with Gasteiger partial charge in [0.25, 0.3) is 0 Å². The zero-order valence-electron chi connectivity index (χ0n) is 12.1. The minimum atomic E-state index is 0.637. The molecular formula is C15H18N2O3. The zero-order valence-corrected chi connectivity index (χ0v) is 12.1. The van der Waals surface area contributed by atoms with Crippen molar-refractivity contribution < 1.29 is 14.2 Å². The van der Waals surface area contributed by atoms with E-state index in [1.807, 2.05) is 19.1 Å². The molecule has 0 amide bonds. The number of hydrogen-bond acceptors (Lipinski definition) is 5. The molecule has 0 fully saturated rings. The monoisotopic (exact) mass is 274 g/mol. The fourth-order valence-corrected chi connectivity index (χ4v) is 1.97. The highest BCUT2D eigenvalue weighted by Crippen LogP contribution is 2.41. The lowest BCUT2D eigenvalue weighted by Crippen LogP contribution is -1.99. The Hall–Kier alpha value is -2.43. The molecule has 0 aliphatic carbocycles. The Morgan fingerprint density at radius 3 is 2.00 bits per heavy atom. The van der Waals surface area contributed by atoms with Crippen LogP contribution in [0.3, 0.4) is 0 Å². The molecule has 1 aromatic heterocycles. The van der Waals surface area contributed by atoms with Crippen LogP contribution in [-0.4, -0.2) is 26.3 Å². The number of methoxy groups -OCH3 is 3. The van der Waals surface area contributed by atoms with E-state index >= 15 is 0 Å². The van der Waals surface area contributed by atoms with Crippen LogP contribution < -0.4 is 19.9 Å². The number of hydrogen-bond donors (Lipinski definition) is 1. The van der Waals surface area contributed by atoms with Crippen LogP contribution in [0.1, 0.15) is 5.69 Å². The Bertz CT molecular complexity index is 602. The Labute approximate surface area is 118 Å². The summed E-state index contributed by atoms with van der Waals surface area (Å²) < 4.78 is 16.1. The van der Waals surface area contributed by atoms with Crippen molar-refractivity contribution in [2.45, 2.75) is 6.92 Å². The van der Waals surface area contributed by atoms with Crippen LogP contribution in [0.25, 0.3) is 11.3 Å². The number of anilines is 1. The summed E-state index contributed by atoms with van der Waals surface area (Å²) in [5.41, 5.74) is 8.75. The van der Waals surface area contributed by atoms with Gasteiger partial charge < -0.3 is 19.9 Å². The van der Waals surface area contributed by atoms with Gasteiger partial charge in [-0.3, -0.25) is 4.98 Å². The van der Waals surface area contributed by atoms with Crippen molar-refractivity contribution >= 4 is 5.69 Å². The van der Waals surface area contributed by atoms with Crippen molar-refractivity contribution in [1.29, 1.82) is 0 Å². The third-order valence-corrected chi connectivity index (χ3v) is 3.10. The number of aryl methyl sites for hydroxylation is 1. The second-order valence-electron chi connectivity index (χ2n) is 4.28. The molecule has 20 heavy (non-hydrogen) atoms. The van der Waals surface area contributed by atoms with E-state index < -0.39 is 0 Å². The van der Waals surface area contributed by atoms with Crippen molar-refractivity contribution in [2.24, 2.45) is 0 Å². The second kappa shape index (κ2) is 5.69. The van der Waals surface area contributed by atoms with Crippen molar-refractivity contribution in [3.63, 3.8) is 0 Å². The van der Waals surface area contributed by atoms with Crippen molar-refractivity contribution in [3.8, 4) is 28.5 Å². The summed E-state index contributed by atoms with van der Waals surface area (Å²) in [6, 6.07) is 7.26. The number of rotatable bonds is 4. The van der Waals surface area contributed by atoms with Gasteiger partial charge in [0.05, 0.1) is 44.0 Å². The lowest BCUT2D eigenvalue weighted by molar-refractivity contribution is 0.377. The summed E-state index contributed by atoms with van der Waals surface area (Å²) in [7, 11) is 4.79. The van der Waals surface area contributed by atoms with Crippen LogP contribution >= 0.6 is 0 Å². The van der Waals surface area contributed by atoms with Crippen molar-refractivity contribution in [3.05, 3.63) is 30.0 Å². The quantitative estimate of drug-likeness (QED) is 0.928. The standard InChI is InChI=1S/C15H18N2O3/c1-9-11(16)5-6-12(17-9)15-13(19-3)7-10(18-2)8-14(15)20-4/h5-8H,16H2,1-4H3. The molecule has 0 aliphatic heterocycles. The van der Waals surface area contributed by atoms with Gasteiger partial charge in [0.2, 0.25) is 0 Å². The number of nitrogens with two attached hydrogens (primary N) is 1. The first-order valence-electron chi connectivity index (χ1n) is 6.14. The highest BCUT2D eigenvalue weighted by atomic mass is 16.5. The summed E-state index contributed by atoms with van der Waals surface area (Å²) >= 11 is 0.